The number of ether oxygens (including phenoxy) is 2. The molecule has 14 heteroatoms. The Morgan fingerprint density at radius 1 is 1.15 bits per heavy atom. The molecule has 4 heterocycles. The van der Waals surface area contributed by atoms with Crippen LogP contribution in [0, 0.1) is 11.6 Å². The lowest BCUT2D eigenvalue weighted by molar-refractivity contribution is 0.0167. The van der Waals surface area contributed by atoms with Gasteiger partial charge in [0.1, 0.15) is 17.1 Å². The Labute approximate surface area is 228 Å². The Morgan fingerprint density at radius 2 is 1.95 bits per heavy atom. The molecule has 4 aromatic rings. The van der Waals surface area contributed by atoms with E-state index in [1.165, 1.54) is 19.2 Å². The number of carbonyl (C=O) groups is 1. The highest BCUT2D eigenvalue weighted by atomic mass is 19.2. The first-order valence-corrected chi connectivity index (χ1v) is 12.6. The van der Waals surface area contributed by atoms with Crippen molar-refractivity contribution in [1.29, 1.82) is 0 Å². The van der Waals surface area contributed by atoms with E-state index < -0.39 is 17.2 Å². The van der Waals surface area contributed by atoms with E-state index in [2.05, 4.69) is 25.6 Å². The Hall–Kier alpha value is -4.62. The van der Waals surface area contributed by atoms with Crippen molar-refractivity contribution >= 4 is 11.9 Å². The van der Waals surface area contributed by atoms with Gasteiger partial charge in [-0.05, 0) is 62.2 Å². The first kappa shape index (κ1) is 27.0. The number of methoxy groups -OCH3 is 1. The lowest BCUT2D eigenvalue weighted by Gasteiger charge is -2.34. The quantitative estimate of drug-likeness (QED) is 0.388. The summed E-state index contributed by atoms with van der Waals surface area (Å²) in [6, 6.07) is 4.26. The summed E-state index contributed by atoms with van der Waals surface area (Å²) in [7, 11) is 1.24. The third-order valence-electron chi connectivity index (χ3n) is 6.46. The molecule has 5 rings (SSSR count). The molecule has 0 unspecified atom stereocenters. The third kappa shape index (κ3) is 5.28. The predicted octanol–water partition coefficient (Wildman–Crippen LogP) is 4.03. The van der Waals surface area contributed by atoms with Crippen molar-refractivity contribution in [2.24, 2.45) is 0 Å². The number of rotatable bonds is 5. The van der Waals surface area contributed by atoms with Crippen LogP contribution < -0.4 is 10.5 Å². The fraction of sp³-hybridized carbons (Fsp3) is 0.385. The summed E-state index contributed by atoms with van der Waals surface area (Å²) in [6.07, 6.45) is 6.45. The largest absolute Gasteiger partial charge is 0.494 e. The number of pyridine rings is 1. The summed E-state index contributed by atoms with van der Waals surface area (Å²) in [5.41, 5.74) is 7.07. The molecule has 0 saturated carbocycles. The number of tetrazole rings is 1. The van der Waals surface area contributed by atoms with E-state index in [9.17, 15) is 13.6 Å². The molecule has 40 heavy (non-hydrogen) atoms. The van der Waals surface area contributed by atoms with Crippen LogP contribution in [-0.2, 0) is 4.74 Å². The SMILES string of the molecule is COc1ccc(-n2nnnc2-c2cc(-c3cnn([C@@H]4CCCN(C(=O)OC(C)(C)C)C4)c3)cnc2N)c(F)c1F. The summed E-state index contributed by atoms with van der Waals surface area (Å²) in [5, 5.41) is 16.0. The van der Waals surface area contributed by atoms with E-state index in [0.29, 0.717) is 24.2 Å². The number of amides is 1. The second-order valence-corrected chi connectivity index (χ2v) is 10.4. The number of anilines is 1. The van der Waals surface area contributed by atoms with Gasteiger partial charge in [0.25, 0.3) is 0 Å². The average Bonchev–Trinajstić information content (AvgIpc) is 3.60. The molecule has 1 aliphatic heterocycles. The Bertz CT molecular complexity index is 1550. The van der Waals surface area contributed by atoms with Gasteiger partial charge in [-0.2, -0.15) is 14.2 Å². The van der Waals surface area contributed by atoms with Crippen LogP contribution >= 0.6 is 0 Å². The standard InChI is InChI=1S/C26H29F2N9O3/c1-26(2,3)40-25(38)35-9-5-6-17(14-35)36-13-16(12-31-36)15-10-18(23(29)30-11-15)24-32-33-34-37(24)19-7-8-20(39-4)22(28)21(19)27/h7-8,10-13,17H,5-6,9,14H2,1-4H3,(H2,29,30)/t17-/m1/s1. The van der Waals surface area contributed by atoms with Gasteiger partial charge in [-0.15, -0.1) is 5.10 Å². The molecule has 3 aromatic heterocycles. The molecule has 1 saturated heterocycles. The number of benzene rings is 1. The maximum atomic E-state index is 14.8. The van der Waals surface area contributed by atoms with E-state index in [1.54, 1.807) is 23.4 Å². The number of nitrogens with zero attached hydrogens (tertiary/aromatic N) is 8. The van der Waals surface area contributed by atoms with Crippen LogP contribution in [0.2, 0.25) is 0 Å². The molecule has 0 radical (unpaired) electrons. The molecular weight excluding hydrogens is 524 g/mol. The number of hydrogen-bond acceptors (Lipinski definition) is 9. The number of halogens is 2. The van der Waals surface area contributed by atoms with Crippen molar-refractivity contribution in [2.45, 2.75) is 45.3 Å². The molecule has 1 atom stereocenters. The number of nitrogens with two attached hydrogens (primary N) is 1. The minimum absolute atomic E-state index is 0.0310. The predicted molar refractivity (Wildman–Crippen MR) is 141 cm³/mol. The van der Waals surface area contributed by atoms with Gasteiger partial charge >= 0.3 is 6.09 Å². The van der Waals surface area contributed by atoms with Gasteiger partial charge in [-0.25, -0.2) is 14.2 Å². The fourth-order valence-electron chi connectivity index (χ4n) is 4.52. The van der Waals surface area contributed by atoms with E-state index >= 15 is 0 Å². The minimum atomic E-state index is -1.18. The van der Waals surface area contributed by atoms with Crippen LogP contribution in [0.4, 0.5) is 19.4 Å². The molecular formula is C26H29F2N9O3. The first-order chi connectivity index (χ1) is 19.1. The van der Waals surface area contributed by atoms with Crippen LogP contribution in [0.5, 0.6) is 5.75 Å². The average molecular weight is 554 g/mol. The topological polar surface area (TPSA) is 139 Å². The van der Waals surface area contributed by atoms with Crippen molar-refractivity contribution in [3.63, 3.8) is 0 Å². The molecule has 1 aliphatic rings. The van der Waals surface area contributed by atoms with Crippen LogP contribution in [0.15, 0.2) is 36.8 Å². The zero-order valence-corrected chi connectivity index (χ0v) is 22.5. The minimum Gasteiger partial charge on any atom is -0.494 e. The third-order valence-corrected chi connectivity index (χ3v) is 6.46. The maximum Gasteiger partial charge on any atom is 0.410 e. The van der Waals surface area contributed by atoms with Gasteiger partial charge in [0.2, 0.25) is 5.82 Å². The first-order valence-electron chi connectivity index (χ1n) is 12.6. The second-order valence-electron chi connectivity index (χ2n) is 10.4. The highest BCUT2D eigenvalue weighted by Crippen LogP contribution is 2.32. The summed E-state index contributed by atoms with van der Waals surface area (Å²) >= 11 is 0. The molecule has 12 nitrogen and oxygen atoms in total. The molecule has 2 N–H and O–H groups in total. The Kier molecular flexibility index (Phi) is 7.08. The van der Waals surface area contributed by atoms with Crippen molar-refractivity contribution < 1.29 is 23.0 Å². The molecule has 1 fully saturated rings. The van der Waals surface area contributed by atoms with Gasteiger partial charge in [-0.3, -0.25) is 4.68 Å². The van der Waals surface area contributed by atoms with Crippen molar-refractivity contribution in [1.82, 2.24) is 39.9 Å². The highest BCUT2D eigenvalue weighted by molar-refractivity contribution is 5.76. The number of carbonyl (C=O) groups excluding carboxylic acids is 1. The molecule has 0 spiro atoms. The van der Waals surface area contributed by atoms with Gasteiger partial charge < -0.3 is 20.1 Å². The number of nitrogen functional groups attached to an aromatic ring is 1. The maximum absolute atomic E-state index is 14.8. The zero-order chi connectivity index (χ0) is 28.6. The molecule has 1 aromatic carbocycles. The Balaban J connectivity index is 1.42. The van der Waals surface area contributed by atoms with E-state index in [1.807, 2.05) is 31.6 Å². The van der Waals surface area contributed by atoms with Gasteiger partial charge in [0.15, 0.2) is 17.4 Å². The van der Waals surface area contributed by atoms with Crippen LogP contribution in [0.1, 0.15) is 39.7 Å². The normalized spacial score (nSPS) is 15.8. The number of likely N-dealkylation sites (tertiary alicyclic amines) is 1. The fourth-order valence-corrected chi connectivity index (χ4v) is 4.52. The molecule has 0 aliphatic carbocycles. The summed E-state index contributed by atoms with van der Waals surface area (Å²) in [5.74, 6) is -2.42. The Morgan fingerprint density at radius 3 is 2.70 bits per heavy atom. The van der Waals surface area contributed by atoms with Crippen molar-refractivity contribution in [3.05, 3.63) is 48.4 Å². The number of aromatic nitrogens is 7. The number of piperidine rings is 1. The van der Waals surface area contributed by atoms with Crippen molar-refractivity contribution in [3.8, 4) is 34.0 Å². The lowest BCUT2D eigenvalue weighted by atomic mass is 10.1. The molecule has 210 valence electrons. The zero-order valence-electron chi connectivity index (χ0n) is 22.5. The van der Waals surface area contributed by atoms with Crippen LogP contribution in [-0.4, -0.2) is 71.8 Å². The summed E-state index contributed by atoms with van der Waals surface area (Å²) in [4.78, 5) is 18.6. The highest BCUT2D eigenvalue weighted by Gasteiger charge is 2.29. The van der Waals surface area contributed by atoms with Gasteiger partial charge in [-0.1, -0.05) is 0 Å². The van der Waals surface area contributed by atoms with Crippen LogP contribution in [0.25, 0.3) is 28.2 Å². The smallest absolute Gasteiger partial charge is 0.410 e. The number of hydrogen-bond donors (Lipinski definition) is 1. The van der Waals surface area contributed by atoms with E-state index in [-0.39, 0.29) is 35.2 Å². The van der Waals surface area contributed by atoms with E-state index in [0.717, 1.165) is 23.1 Å². The second kappa shape index (κ2) is 10.5. The van der Waals surface area contributed by atoms with Gasteiger partial charge in [0, 0.05) is 36.6 Å². The lowest BCUT2D eigenvalue weighted by Crippen LogP contribution is -2.43. The molecule has 1 amide bonds. The summed E-state index contributed by atoms with van der Waals surface area (Å²) < 4.78 is 42.5. The molecule has 0 bridgehead atoms. The van der Waals surface area contributed by atoms with E-state index in [4.69, 9.17) is 15.2 Å². The monoisotopic (exact) mass is 553 g/mol. The summed E-state index contributed by atoms with van der Waals surface area (Å²) in [6.45, 7) is 6.61. The van der Waals surface area contributed by atoms with Gasteiger partial charge in [0.05, 0.1) is 24.9 Å². The van der Waals surface area contributed by atoms with Crippen molar-refractivity contribution in [2.75, 3.05) is 25.9 Å². The van der Waals surface area contributed by atoms with Crippen LogP contribution in [0.3, 0.4) is 0 Å².